The van der Waals surface area contributed by atoms with Crippen molar-refractivity contribution < 1.29 is 0 Å². The molecule has 2 aromatic heterocycles. The van der Waals surface area contributed by atoms with Crippen LogP contribution in [0.2, 0.25) is 5.02 Å². The fourth-order valence-corrected chi connectivity index (χ4v) is 2.72. The molecule has 0 bridgehead atoms. The Morgan fingerprint density at radius 1 is 1.15 bits per heavy atom. The molecule has 0 aliphatic rings. The molecule has 0 atom stereocenters. The predicted molar refractivity (Wildman–Crippen MR) is 116 cm³/mol. The van der Waals surface area contributed by atoms with Gasteiger partial charge in [-0.1, -0.05) is 29.8 Å². The van der Waals surface area contributed by atoms with Crippen molar-refractivity contribution in [3.05, 3.63) is 65.1 Å². The first-order valence-electron chi connectivity index (χ1n) is 8.31. The van der Waals surface area contributed by atoms with Gasteiger partial charge in [-0.3, -0.25) is 4.40 Å². The molecule has 138 valence electrons. The van der Waals surface area contributed by atoms with Crippen LogP contribution in [-0.4, -0.2) is 33.6 Å². The van der Waals surface area contributed by atoms with Gasteiger partial charge in [-0.15, -0.1) is 34.2 Å². The monoisotopic (exact) mass is 484 g/mol. The number of nitrogens with one attached hydrogen (secondary N) is 2. The van der Waals surface area contributed by atoms with Crippen molar-refractivity contribution >= 4 is 47.2 Å². The number of fused-ring (bicyclic) bond motifs is 1. The molecule has 8 heteroatoms. The summed E-state index contributed by atoms with van der Waals surface area (Å²) in [6.45, 7) is 4.06. The van der Waals surface area contributed by atoms with Crippen LogP contribution in [0.15, 0.2) is 53.7 Å². The van der Waals surface area contributed by atoms with E-state index in [0.29, 0.717) is 6.54 Å². The average molecular weight is 485 g/mol. The third kappa shape index (κ3) is 5.57. The summed E-state index contributed by atoms with van der Waals surface area (Å²) in [6, 6.07) is 13.7. The molecule has 2 heterocycles. The lowest BCUT2D eigenvalue weighted by molar-refractivity contribution is 0.787. The zero-order valence-electron chi connectivity index (χ0n) is 14.5. The highest BCUT2D eigenvalue weighted by Gasteiger charge is 2.04. The van der Waals surface area contributed by atoms with Crippen molar-refractivity contribution in [2.75, 3.05) is 13.1 Å². The largest absolute Gasteiger partial charge is 0.357 e. The van der Waals surface area contributed by atoms with Crippen LogP contribution in [-0.2, 0) is 13.0 Å². The number of aliphatic imine (C=N–C) groups is 1. The van der Waals surface area contributed by atoms with Gasteiger partial charge in [0.25, 0.3) is 0 Å². The number of nitrogens with zero attached hydrogens (tertiary/aromatic N) is 4. The fraction of sp³-hybridized carbons (Fsp3) is 0.278. The van der Waals surface area contributed by atoms with Crippen molar-refractivity contribution in [1.29, 1.82) is 0 Å². The first-order chi connectivity index (χ1) is 12.3. The minimum Gasteiger partial charge on any atom is -0.357 e. The maximum absolute atomic E-state index is 6.02. The summed E-state index contributed by atoms with van der Waals surface area (Å²) in [5.41, 5.74) is 2.02. The number of benzene rings is 1. The molecule has 0 spiro atoms. The molecule has 0 aliphatic heterocycles. The van der Waals surface area contributed by atoms with Crippen LogP contribution in [0.3, 0.4) is 0 Å². The summed E-state index contributed by atoms with van der Waals surface area (Å²) in [7, 11) is 0. The van der Waals surface area contributed by atoms with Gasteiger partial charge in [0.05, 0.1) is 0 Å². The Bertz CT molecular complexity index is 864. The Labute approximate surface area is 175 Å². The van der Waals surface area contributed by atoms with Crippen molar-refractivity contribution in [2.24, 2.45) is 4.99 Å². The van der Waals surface area contributed by atoms with Gasteiger partial charge < -0.3 is 10.6 Å². The van der Waals surface area contributed by atoms with E-state index in [2.05, 4.69) is 31.9 Å². The molecule has 0 unspecified atom stereocenters. The Morgan fingerprint density at radius 2 is 2.04 bits per heavy atom. The lowest BCUT2D eigenvalue weighted by Crippen LogP contribution is -2.38. The maximum Gasteiger partial charge on any atom is 0.191 e. The predicted octanol–water partition coefficient (Wildman–Crippen LogP) is 3.30. The zero-order chi connectivity index (χ0) is 17.5. The van der Waals surface area contributed by atoms with Gasteiger partial charge in [0.2, 0.25) is 0 Å². The molecule has 0 radical (unpaired) electrons. The number of rotatable bonds is 6. The van der Waals surface area contributed by atoms with E-state index in [4.69, 9.17) is 11.6 Å². The normalized spacial score (nSPS) is 11.2. The average Bonchev–Trinajstić information content (AvgIpc) is 3.03. The van der Waals surface area contributed by atoms with Crippen molar-refractivity contribution in [3.63, 3.8) is 0 Å². The molecule has 0 amide bonds. The highest BCUT2D eigenvalue weighted by atomic mass is 127. The van der Waals surface area contributed by atoms with E-state index >= 15 is 0 Å². The molecular weight excluding hydrogens is 463 g/mol. The smallest absolute Gasteiger partial charge is 0.191 e. The molecule has 3 aromatic rings. The number of guanidine groups is 1. The van der Waals surface area contributed by atoms with Gasteiger partial charge >= 0.3 is 0 Å². The SMILES string of the molecule is CCNC(=NCc1nnc2ccccn12)NCCc1cccc(Cl)c1.I. The van der Waals surface area contributed by atoms with E-state index < -0.39 is 0 Å². The third-order valence-corrected chi connectivity index (χ3v) is 3.94. The Balaban J connectivity index is 0.00000243. The minimum absolute atomic E-state index is 0. The van der Waals surface area contributed by atoms with E-state index in [1.807, 2.05) is 53.9 Å². The fourth-order valence-electron chi connectivity index (χ4n) is 2.51. The van der Waals surface area contributed by atoms with Crippen LogP contribution in [0.25, 0.3) is 5.65 Å². The second-order valence-electron chi connectivity index (χ2n) is 5.55. The lowest BCUT2D eigenvalue weighted by Gasteiger charge is -2.11. The highest BCUT2D eigenvalue weighted by Crippen LogP contribution is 2.10. The second kappa shape index (κ2) is 10.3. The maximum atomic E-state index is 6.02. The first kappa shape index (κ1) is 20.4. The van der Waals surface area contributed by atoms with E-state index in [1.165, 1.54) is 5.56 Å². The summed E-state index contributed by atoms with van der Waals surface area (Å²) in [5, 5.41) is 15.7. The molecule has 0 fully saturated rings. The number of halogens is 2. The highest BCUT2D eigenvalue weighted by molar-refractivity contribution is 14.0. The lowest BCUT2D eigenvalue weighted by atomic mass is 10.1. The summed E-state index contributed by atoms with van der Waals surface area (Å²) in [4.78, 5) is 4.60. The van der Waals surface area contributed by atoms with Crippen LogP contribution in [0.1, 0.15) is 18.3 Å². The van der Waals surface area contributed by atoms with E-state index in [-0.39, 0.29) is 24.0 Å². The van der Waals surface area contributed by atoms with Gasteiger partial charge in [-0.05, 0) is 43.2 Å². The molecule has 0 saturated heterocycles. The molecule has 6 nitrogen and oxygen atoms in total. The topological polar surface area (TPSA) is 66.6 Å². The Hall–Kier alpha value is -1.87. The third-order valence-electron chi connectivity index (χ3n) is 3.70. The number of hydrogen-bond acceptors (Lipinski definition) is 3. The quantitative estimate of drug-likeness (QED) is 0.320. The molecule has 2 N–H and O–H groups in total. The van der Waals surface area contributed by atoms with E-state index in [1.54, 1.807) is 0 Å². The van der Waals surface area contributed by atoms with Gasteiger partial charge in [0, 0.05) is 24.3 Å². The molecular formula is C18H22ClIN6. The second-order valence-corrected chi connectivity index (χ2v) is 5.98. The van der Waals surface area contributed by atoms with Crippen LogP contribution in [0.5, 0.6) is 0 Å². The van der Waals surface area contributed by atoms with Crippen LogP contribution in [0.4, 0.5) is 0 Å². The summed E-state index contributed by atoms with van der Waals surface area (Å²) in [6.07, 6.45) is 2.82. The van der Waals surface area contributed by atoms with Gasteiger partial charge in [-0.25, -0.2) is 4.99 Å². The Morgan fingerprint density at radius 3 is 2.85 bits per heavy atom. The van der Waals surface area contributed by atoms with Gasteiger partial charge in [0.15, 0.2) is 17.4 Å². The summed E-state index contributed by atoms with van der Waals surface area (Å²) in [5.74, 6) is 1.57. The van der Waals surface area contributed by atoms with Gasteiger partial charge in [0.1, 0.15) is 6.54 Å². The van der Waals surface area contributed by atoms with Crippen LogP contribution in [0, 0.1) is 0 Å². The van der Waals surface area contributed by atoms with Gasteiger partial charge in [-0.2, -0.15) is 0 Å². The number of aromatic nitrogens is 3. The molecule has 26 heavy (non-hydrogen) atoms. The summed E-state index contributed by atoms with van der Waals surface area (Å²) < 4.78 is 1.94. The first-order valence-corrected chi connectivity index (χ1v) is 8.69. The van der Waals surface area contributed by atoms with E-state index in [0.717, 1.165) is 42.0 Å². The zero-order valence-corrected chi connectivity index (χ0v) is 17.6. The Kier molecular flexibility index (Phi) is 8.11. The standard InChI is InChI=1S/C18H21ClN6.HI/c1-2-20-18(21-10-9-14-6-5-7-15(19)12-14)22-13-17-24-23-16-8-3-4-11-25(16)17;/h3-8,11-12H,2,9-10,13H2,1H3,(H2,20,21,22);1H. The van der Waals surface area contributed by atoms with Crippen molar-refractivity contribution in [3.8, 4) is 0 Å². The molecule has 3 rings (SSSR count). The molecule has 0 aliphatic carbocycles. The van der Waals surface area contributed by atoms with Crippen molar-refractivity contribution in [2.45, 2.75) is 19.9 Å². The molecule has 0 saturated carbocycles. The van der Waals surface area contributed by atoms with Crippen LogP contribution >= 0.6 is 35.6 Å². The number of pyridine rings is 1. The number of hydrogen-bond donors (Lipinski definition) is 2. The minimum atomic E-state index is 0. The summed E-state index contributed by atoms with van der Waals surface area (Å²) >= 11 is 6.02. The molecule has 1 aromatic carbocycles. The van der Waals surface area contributed by atoms with Crippen LogP contribution < -0.4 is 10.6 Å². The van der Waals surface area contributed by atoms with Crippen molar-refractivity contribution in [1.82, 2.24) is 25.2 Å². The van der Waals surface area contributed by atoms with E-state index in [9.17, 15) is 0 Å².